The van der Waals surface area contributed by atoms with Crippen LogP contribution in [-0.2, 0) is 29.1 Å². The number of hydrogen-bond donors (Lipinski definition) is 1. The second-order valence-electron chi connectivity index (χ2n) is 7.01. The van der Waals surface area contributed by atoms with Crippen LogP contribution >= 0.6 is 0 Å². The fourth-order valence-corrected chi connectivity index (χ4v) is 4.83. The maximum Gasteiger partial charge on any atom is 0.458 e. The summed E-state index contributed by atoms with van der Waals surface area (Å²) in [5, 5.41) is -6.09. The second-order valence-corrected chi connectivity index (χ2v) is 8.52. The zero-order valence-electron chi connectivity index (χ0n) is 14.0. The van der Waals surface area contributed by atoms with Gasteiger partial charge in [-0.25, -0.2) is 9.18 Å². The predicted octanol–water partition coefficient (Wildman–Crippen LogP) is 2.21. The summed E-state index contributed by atoms with van der Waals surface area (Å²) in [6.45, 7) is 0.212. The molecule has 0 radical (unpaired) electrons. The molecular formula is C14H16F6O7S. The zero-order valence-corrected chi connectivity index (χ0v) is 14.9. The molecule has 3 fully saturated rings. The van der Waals surface area contributed by atoms with Gasteiger partial charge in [-0.3, -0.25) is 4.55 Å². The van der Waals surface area contributed by atoms with Crippen LogP contribution in [0.5, 0.6) is 0 Å². The third kappa shape index (κ3) is 2.82. The maximum atomic E-state index is 14.6. The van der Waals surface area contributed by atoms with Crippen molar-refractivity contribution < 1.29 is 58.3 Å². The Balaban J connectivity index is 1.97. The van der Waals surface area contributed by atoms with Gasteiger partial charge in [0, 0.05) is 11.8 Å². The predicted molar refractivity (Wildman–Crippen MR) is 76.4 cm³/mol. The van der Waals surface area contributed by atoms with Gasteiger partial charge in [0.2, 0.25) is 5.79 Å². The van der Waals surface area contributed by atoms with Gasteiger partial charge in [0.25, 0.3) is 0 Å². The SMILES string of the molecule is O=C(OC1C2CCC(C2)C12OCCCO2)C(F)(C(F)(F)C(F)(F)F)S(=O)(=O)O. The molecule has 1 saturated heterocycles. The van der Waals surface area contributed by atoms with Crippen LogP contribution in [0.4, 0.5) is 26.3 Å². The zero-order chi connectivity index (χ0) is 21.2. The third-order valence-electron chi connectivity index (χ3n) is 5.42. The number of halogens is 6. The van der Waals surface area contributed by atoms with Crippen molar-refractivity contribution in [3.05, 3.63) is 0 Å². The number of esters is 1. The Hall–Kier alpha value is -1.12. The van der Waals surface area contributed by atoms with Crippen LogP contribution in [0.2, 0.25) is 0 Å². The Kier molecular flexibility index (Phi) is 4.96. The van der Waals surface area contributed by atoms with E-state index in [9.17, 15) is 39.6 Å². The molecule has 4 atom stereocenters. The Bertz CT molecular complexity index is 748. The van der Waals surface area contributed by atoms with E-state index < -0.39 is 56.9 Å². The number of fused-ring (bicyclic) bond motifs is 3. The molecule has 2 bridgehead atoms. The number of alkyl halides is 6. The van der Waals surface area contributed by atoms with Gasteiger partial charge in [-0.2, -0.15) is 30.4 Å². The topological polar surface area (TPSA) is 99.1 Å². The van der Waals surface area contributed by atoms with Gasteiger partial charge in [-0.15, -0.1) is 0 Å². The molecule has 0 aromatic rings. The first-order chi connectivity index (χ1) is 12.7. The van der Waals surface area contributed by atoms with Crippen molar-refractivity contribution in [1.82, 2.24) is 0 Å². The van der Waals surface area contributed by atoms with Crippen molar-refractivity contribution in [2.45, 2.75) is 54.7 Å². The van der Waals surface area contributed by atoms with Gasteiger partial charge >= 0.3 is 33.2 Å². The summed E-state index contributed by atoms with van der Waals surface area (Å²) in [6.07, 6.45) is -6.78. The van der Waals surface area contributed by atoms with E-state index in [1.807, 2.05) is 0 Å². The van der Waals surface area contributed by atoms with Crippen LogP contribution < -0.4 is 0 Å². The van der Waals surface area contributed by atoms with Gasteiger partial charge in [-0.05, 0) is 25.7 Å². The summed E-state index contributed by atoms with van der Waals surface area (Å²) in [4.78, 5) is 12.0. The molecule has 1 aliphatic heterocycles. The normalized spacial score (nSPS) is 32.3. The van der Waals surface area contributed by atoms with Gasteiger partial charge in [0.15, 0.2) is 6.10 Å². The smallest absolute Gasteiger partial charge is 0.453 e. The highest BCUT2D eigenvalue weighted by Crippen LogP contribution is 2.56. The molecule has 1 N–H and O–H groups in total. The number of hydrogen-bond acceptors (Lipinski definition) is 6. The van der Waals surface area contributed by atoms with Crippen LogP contribution in [0.3, 0.4) is 0 Å². The molecular weight excluding hydrogens is 426 g/mol. The van der Waals surface area contributed by atoms with E-state index in [4.69, 9.17) is 14.0 Å². The number of rotatable bonds is 4. The Labute approximate surface area is 155 Å². The Morgan fingerprint density at radius 3 is 2.14 bits per heavy atom. The highest BCUT2D eigenvalue weighted by atomic mass is 32.2. The summed E-state index contributed by atoms with van der Waals surface area (Å²) < 4.78 is 126. The summed E-state index contributed by atoms with van der Waals surface area (Å²) in [5.74, 6) is -12.5. The standard InChI is InChI=1S/C14H16F6O7S/c15-12(28(22,23)24,13(16,17)14(18,19)20)10(21)27-9-7-2-3-8(6-7)11(9)25-4-1-5-26-11/h7-9H,1-6H2,(H,22,23,24). The Morgan fingerprint density at radius 1 is 1.07 bits per heavy atom. The van der Waals surface area contributed by atoms with Crippen molar-refractivity contribution in [3.8, 4) is 0 Å². The fraction of sp³-hybridized carbons (Fsp3) is 0.929. The molecule has 3 rings (SSSR count). The summed E-state index contributed by atoms with van der Waals surface area (Å²) >= 11 is 0. The lowest BCUT2D eigenvalue weighted by Gasteiger charge is -2.45. The van der Waals surface area contributed by atoms with Crippen molar-refractivity contribution in [2.24, 2.45) is 11.8 Å². The molecule has 3 aliphatic rings. The first kappa shape index (κ1) is 21.6. The minimum atomic E-state index is -6.89. The van der Waals surface area contributed by atoms with E-state index in [0.29, 0.717) is 25.7 Å². The van der Waals surface area contributed by atoms with E-state index in [2.05, 4.69) is 4.74 Å². The molecule has 28 heavy (non-hydrogen) atoms. The second kappa shape index (κ2) is 6.44. The molecule has 1 spiro atoms. The lowest BCUT2D eigenvalue weighted by Crippen LogP contribution is -2.65. The maximum absolute atomic E-state index is 14.6. The average molecular weight is 442 g/mol. The largest absolute Gasteiger partial charge is 0.458 e. The van der Waals surface area contributed by atoms with E-state index >= 15 is 0 Å². The lowest BCUT2D eigenvalue weighted by atomic mass is 9.90. The van der Waals surface area contributed by atoms with E-state index in [1.165, 1.54) is 0 Å². The highest BCUT2D eigenvalue weighted by Gasteiger charge is 2.82. The minimum absolute atomic E-state index is 0.106. The molecule has 2 aliphatic carbocycles. The van der Waals surface area contributed by atoms with E-state index in [1.54, 1.807) is 0 Å². The summed E-state index contributed by atoms with van der Waals surface area (Å²) in [6, 6.07) is 0. The first-order valence-corrected chi connectivity index (χ1v) is 9.72. The molecule has 0 aromatic heterocycles. The molecule has 0 amide bonds. The van der Waals surface area contributed by atoms with Crippen LogP contribution in [0.1, 0.15) is 25.7 Å². The Morgan fingerprint density at radius 2 is 1.64 bits per heavy atom. The molecule has 7 nitrogen and oxygen atoms in total. The molecule has 2 saturated carbocycles. The summed E-state index contributed by atoms with van der Waals surface area (Å²) in [7, 11) is -6.89. The number of ether oxygens (including phenoxy) is 3. The quantitative estimate of drug-likeness (QED) is 0.405. The number of carbonyl (C=O) groups excluding carboxylic acids is 1. The van der Waals surface area contributed by atoms with Crippen LogP contribution in [0, 0.1) is 11.8 Å². The van der Waals surface area contributed by atoms with E-state index in [0.717, 1.165) is 0 Å². The molecule has 14 heteroatoms. The van der Waals surface area contributed by atoms with Crippen molar-refractivity contribution in [2.75, 3.05) is 13.2 Å². The fourth-order valence-electron chi connectivity index (χ4n) is 4.13. The summed E-state index contributed by atoms with van der Waals surface area (Å²) in [5.41, 5.74) is 0. The van der Waals surface area contributed by atoms with Gasteiger partial charge in [0.05, 0.1) is 13.2 Å². The van der Waals surface area contributed by atoms with Crippen molar-refractivity contribution in [3.63, 3.8) is 0 Å². The lowest BCUT2D eigenvalue weighted by molar-refractivity contribution is -0.335. The van der Waals surface area contributed by atoms with Crippen LogP contribution in [0.15, 0.2) is 0 Å². The number of carbonyl (C=O) groups is 1. The monoisotopic (exact) mass is 442 g/mol. The van der Waals surface area contributed by atoms with Gasteiger partial charge < -0.3 is 14.2 Å². The molecule has 4 unspecified atom stereocenters. The molecule has 0 aromatic carbocycles. The van der Waals surface area contributed by atoms with Gasteiger partial charge in [0.1, 0.15) is 0 Å². The molecule has 162 valence electrons. The van der Waals surface area contributed by atoms with Crippen LogP contribution in [-0.4, -0.2) is 61.1 Å². The van der Waals surface area contributed by atoms with E-state index in [-0.39, 0.29) is 13.2 Å². The van der Waals surface area contributed by atoms with Crippen LogP contribution in [0.25, 0.3) is 0 Å². The first-order valence-electron chi connectivity index (χ1n) is 8.28. The average Bonchev–Trinajstić information content (AvgIpc) is 3.15. The van der Waals surface area contributed by atoms with Crippen molar-refractivity contribution in [1.29, 1.82) is 0 Å². The minimum Gasteiger partial charge on any atom is -0.453 e. The van der Waals surface area contributed by atoms with Gasteiger partial charge in [-0.1, -0.05) is 0 Å². The highest BCUT2D eigenvalue weighted by molar-refractivity contribution is 7.88. The van der Waals surface area contributed by atoms with Crippen molar-refractivity contribution >= 4 is 16.1 Å². The molecule has 1 heterocycles. The third-order valence-corrected chi connectivity index (χ3v) is 6.56.